The van der Waals surface area contributed by atoms with Gasteiger partial charge in [-0.1, -0.05) is 18.2 Å². The average Bonchev–Trinajstić information content (AvgIpc) is 2.99. The lowest BCUT2D eigenvalue weighted by molar-refractivity contribution is 0.0952. The van der Waals surface area contributed by atoms with E-state index in [0.717, 1.165) is 23.2 Å². The number of hydrogen-bond donors (Lipinski definition) is 2. The summed E-state index contributed by atoms with van der Waals surface area (Å²) in [6.45, 7) is 6.37. The summed E-state index contributed by atoms with van der Waals surface area (Å²) in [4.78, 5) is 15.6. The van der Waals surface area contributed by atoms with E-state index in [0.29, 0.717) is 17.9 Å². The van der Waals surface area contributed by atoms with E-state index in [1.54, 1.807) is 6.26 Å². The summed E-state index contributed by atoms with van der Waals surface area (Å²) in [6, 6.07) is 8.24. The standard InChI is InChI=1S/C18H20N2O2/c1-11-10-22-13(3)17(11)18(21)19-9-8-14-12(2)20-16-7-5-4-6-15(14)16/h4-7,10,20H,8-9H2,1-3H3,(H,19,21). The molecule has 114 valence electrons. The molecule has 2 aromatic heterocycles. The Morgan fingerprint density at radius 2 is 2.00 bits per heavy atom. The molecule has 1 aromatic carbocycles. The summed E-state index contributed by atoms with van der Waals surface area (Å²) in [5.74, 6) is 0.597. The van der Waals surface area contributed by atoms with Crippen molar-refractivity contribution in [1.82, 2.24) is 10.3 Å². The molecule has 0 aliphatic rings. The zero-order chi connectivity index (χ0) is 15.7. The summed E-state index contributed by atoms with van der Waals surface area (Å²) in [5, 5.41) is 4.21. The van der Waals surface area contributed by atoms with E-state index in [4.69, 9.17) is 4.42 Å². The van der Waals surface area contributed by atoms with Crippen molar-refractivity contribution in [2.45, 2.75) is 27.2 Å². The molecule has 22 heavy (non-hydrogen) atoms. The van der Waals surface area contributed by atoms with Gasteiger partial charge in [-0.2, -0.15) is 0 Å². The van der Waals surface area contributed by atoms with Crippen molar-refractivity contribution in [3.8, 4) is 0 Å². The number of H-pyrrole nitrogens is 1. The van der Waals surface area contributed by atoms with Crippen molar-refractivity contribution in [1.29, 1.82) is 0 Å². The Labute approximate surface area is 129 Å². The maximum Gasteiger partial charge on any atom is 0.255 e. The number of hydrogen-bond acceptors (Lipinski definition) is 2. The van der Waals surface area contributed by atoms with E-state index < -0.39 is 0 Å². The quantitative estimate of drug-likeness (QED) is 0.772. The predicted molar refractivity (Wildman–Crippen MR) is 87.3 cm³/mol. The number of para-hydroxylation sites is 1. The van der Waals surface area contributed by atoms with Gasteiger partial charge in [0.15, 0.2) is 0 Å². The number of benzene rings is 1. The molecule has 0 spiro atoms. The van der Waals surface area contributed by atoms with Crippen LogP contribution in [0.2, 0.25) is 0 Å². The average molecular weight is 296 g/mol. The molecule has 0 unspecified atom stereocenters. The molecule has 4 nitrogen and oxygen atoms in total. The van der Waals surface area contributed by atoms with Crippen LogP contribution in [0, 0.1) is 20.8 Å². The van der Waals surface area contributed by atoms with Crippen molar-refractivity contribution < 1.29 is 9.21 Å². The topological polar surface area (TPSA) is 58.0 Å². The fourth-order valence-electron chi connectivity index (χ4n) is 2.96. The zero-order valence-electron chi connectivity index (χ0n) is 13.1. The molecule has 0 aliphatic heterocycles. The van der Waals surface area contributed by atoms with Crippen LogP contribution in [-0.2, 0) is 6.42 Å². The fourth-order valence-corrected chi connectivity index (χ4v) is 2.96. The number of aryl methyl sites for hydroxylation is 3. The lowest BCUT2D eigenvalue weighted by Crippen LogP contribution is -2.26. The summed E-state index contributed by atoms with van der Waals surface area (Å²) >= 11 is 0. The summed E-state index contributed by atoms with van der Waals surface area (Å²) < 4.78 is 5.28. The highest BCUT2D eigenvalue weighted by atomic mass is 16.3. The molecule has 4 heteroatoms. The molecule has 0 atom stereocenters. The molecule has 2 heterocycles. The molecular formula is C18H20N2O2. The van der Waals surface area contributed by atoms with Crippen molar-refractivity contribution in [2.24, 2.45) is 0 Å². The minimum Gasteiger partial charge on any atom is -0.469 e. The van der Waals surface area contributed by atoms with Gasteiger partial charge in [0, 0.05) is 28.7 Å². The molecule has 0 saturated heterocycles. The summed E-state index contributed by atoms with van der Waals surface area (Å²) in [5.41, 5.74) is 5.08. The van der Waals surface area contributed by atoms with Crippen LogP contribution in [-0.4, -0.2) is 17.4 Å². The Morgan fingerprint density at radius 3 is 2.73 bits per heavy atom. The van der Waals surface area contributed by atoms with E-state index >= 15 is 0 Å². The Bertz CT molecular complexity index is 807. The van der Waals surface area contributed by atoms with Gasteiger partial charge >= 0.3 is 0 Å². The number of carbonyl (C=O) groups is 1. The molecule has 2 N–H and O–H groups in total. The van der Waals surface area contributed by atoms with Crippen LogP contribution in [0.5, 0.6) is 0 Å². The number of rotatable bonds is 4. The number of nitrogens with one attached hydrogen (secondary N) is 2. The highest BCUT2D eigenvalue weighted by Gasteiger charge is 2.15. The first-order valence-electron chi connectivity index (χ1n) is 7.47. The van der Waals surface area contributed by atoms with Gasteiger partial charge in [-0.3, -0.25) is 4.79 Å². The lowest BCUT2D eigenvalue weighted by atomic mass is 10.1. The number of furan rings is 1. The third kappa shape index (κ3) is 2.52. The summed E-state index contributed by atoms with van der Waals surface area (Å²) in [7, 11) is 0. The van der Waals surface area contributed by atoms with Gasteiger partial charge < -0.3 is 14.7 Å². The maximum absolute atomic E-state index is 12.2. The Hall–Kier alpha value is -2.49. The smallest absolute Gasteiger partial charge is 0.255 e. The van der Waals surface area contributed by atoms with Gasteiger partial charge in [0.2, 0.25) is 0 Å². The largest absolute Gasteiger partial charge is 0.469 e. The Kier molecular flexibility index (Phi) is 3.75. The highest BCUT2D eigenvalue weighted by Crippen LogP contribution is 2.22. The van der Waals surface area contributed by atoms with Crippen LogP contribution in [0.15, 0.2) is 34.9 Å². The van der Waals surface area contributed by atoms with Crippen molar-refractivity contribution >= 4 is 16.8 Å². The number of carbonyl (C=O) groups excluding carboxylic acids is 1. The zero-order valence-corrected chi connectivity index (χ0v) is 13.1. The fraction of sp³-hybridized carbons (Fsp3) is 0.278. The van der Waals surface area contributed by atoms with Crippen molar-refractivity contribution in [3.05, 3.63) is 58.7 Å². The van der Waals surface area contributed by atoms with Crippen LogP contribution >= 0.6 is 0 Å². The monoisotopic (exact) mass is 296 g/mol. The van der Waals surface area contributed by atoms with E-state index in [-0.39, 0.29) is 5.91 Å². The third-order valence-corrected chi connectivity index (χ3v) is 4.07. The Morgan fingerprint density at radius 1 is 1.23 bits per heavy atom. The summed E-state index contributed by atoms with van der Waals surface area (Å²) in [6.07, 6.45) is 2.42. The normalized spacial score (nSPS) is 11.0. The SMILES string of the molecule is Cc1coc(C)c1C(=O)NCCc1c(C)[nH]c2ccccc12. The molecule has 0 aliphatic carbocycles. The third-order valence-electron chi connectivity index (χ3n) is 4.07. The first-order valence-corrected chi connectivity index (χ1v) is 7.47. The van der Waals surface area contributed by atoms with Gasteiger partial charge in [0.25, 0.3) is 5.91 Å². The minimum absolute atomic E-state index is 0.0683. The Balaban J connectivity index is 1.70. The second-order valence-corrected chi connectivity index (χ2v) is 5.63. The van der Waals surface area contributed by atoms with E-state index in [9.17, 15) is 4.79 Å². The number of aromatic nitrogens is 1. The molecule has 0 bridgehead atoms. The van der Waals surface area contributed by atoms with E-state index in [1.807, 2.05) is 26.0 Å². The molecule has 3 rings (SSSR count). The lowest BCUT2D eigenvalue weighted by Gasteiger charge is -2.06. The molecule has 0 saturated carbocycles. The maximum atomic E-state index is 12.2. The van der Waals surface area contributed by atoms with Gasteiger partial charge in [-0.15, -0.1) is 0 Å². The second kappa shape index (κ2) is 5.72. The van der Waals surface area contributed by atoms with E-state index in [2.05, 4.69) is 29.4 Å². The first-order chi connectivity index (χ1) is 10.6. The van der Waals surface area contributed by atoms with Crippen LogP contribution in [0.1, 0.15) is 32.9 Å². The predicted octanol–water partition coefficient (Wildman–Crippen LogP) is 3.66. The number of aromatic amines is 1. The molecule has 3 aromatic rings. The molecule has 1 amide bonds. The van der Waals surface area contributed by atoms with Crippen LogP contribution in [0.25, 0.3) is 10.9 Å². The van der Waals surface area contributed by atoms with Crippen LogP contribution in [0.3, 0.4) is 0 Å². The molecule has 0 radical (unpaired) electrons. The molecule has 0 fully saturated rings. The number of fused-ring (bicyclic) bond motifs is 1. The van der Waals surface area contributed by atoms with Crippen molar-refractivity contribution in [3.63, 3.8) is 0 Å². The van der Waals surface area contributed by atoms with Gasteiger partial charge in [0.05, 0.1) is 11.8 Å². The van der Waals surface area contributed by atoms with Crippen LogP contribution in [0.4, 0.5) is 0 Å². The van der Waals surface area contributed by atoms with Gasteiger partial charge in [0.1, 0.15) is 5.76 Å². The molecular weight excluding hydrogens is 276 g/mol. The minimum atomic E-state index is -0.0683. The number of amides is 1. The van der Waals surface area contributed by atoms with Gasteiger partial charge in [-0.05, 0) is 38.8 Å². The second-order valence-electron chi connectivity index (χ2n) is 5.63. The van der Waals surface area contributed by atoms with E-state index in [1.165, 1.54) is 10.9 Å². The highest BCUT2D eigenvalue weighted by molar-refractivity contribution is 5.96. The van der Waals surface area contributed by atoms with Crippen molar-refractivity contribution in [2.75, 3.05) is 6.54 Å². The van der Waals surface area contributed by atoms with Crippen LogP contribution < -0.4 is 5.32 Å². The van der Waals surface area contributed by atoms with Gasteiger partial charge in [-0.25, -0.2) is 0 Å². The first kappa shape index (κ1) is 14.4.